The lowest BCUT2D eigenvalue weighted by molar-refractivity contribution is 0.284. The molecule has 0 aliphatic heterocycles. The summed E-state index contributed by atoms with van der Waals surface area (Å²) in [5, 5.41) is 12.7. The Balaban J connectivity index is 2.00. The Kier molecular flexibility index (Phi) is 3.92. The number of para-hydroxylation sites is 1. The molecule has 0 bridgehead atoms. The molecule has 0 amide bonds. The molecule has 0 fully saturated rings. The van der Waals surface area contributed by atoms with Crippen molar-refractivity contribution >= 4 is 0 Å². The summed E-state index contributed by atoms with van der Waals surface area (Å²) in [5.74, 6) is 1.64. The first kappa shape index (κ1) is 12.1. The molecular formula is C13H13N3O2. The van der Waals surface area contributed by atoms with Gasteiger partial charge in [0.1, 0.15) is 11.8 Å². The average Bonchev–Trinajstić information content (AvgIpc) is 2.85. The highest BCUT2D eigenvalue weighted by Crippen LogP contribution is 2.17. The van der Waals surface area contributed by atoms with Gasteiger partial charge in [0.25, 0.3) is 0 Å². The van der Waals surface area contributed by atoms with Gasteiger partial charge in [0, 0.05) is 6.42 Å². The van der Waals surface area contributed by atoms with E-state index in [1.807, 2.05) is 13.0 Å². The predicted octanol–water partition coefficient (Wildman–Crippen LogP) is 2.47. The minimum absolute atomic E-state index is 0.200. The van der Waals surface area contributed by atoms with E-state index in [2.05, 4.69) is 16.2 Å². The molecule has 0 unspecified atom stereocenters. The standard InChI is InChI=1S/C13H13N3O2/c1-2-5-13-15-12(16-18-13)9-17-11-7-4-3-6-10(11)8-14/h3-4,6-7H,2,5,9H2,1H3. The molecule has 5 nitrogen and oxygen atoms in total. The monoisotopic (exact) mass is 243 g/mol. The molecule has 0 aliphatic rings. The molecule has 0 aliphatic carbocycles. The fourth-order valence-corrected chi connectivity index (χ4v) is 1.49. The quantitative estimate of drug-likeness (QED) is 0.806. The summed E-state index contributed by atoms with van der Waals surface area (Å²) >= 11 is 0. The van der Waals surface area contributed by atoms with Crippen molar-refractivity contribution in [2.45, 2.75) is 26.4 Å². The van der Waals surface area contributed by atoms with Crippen LogP contribution in [0.25, 0.3) is 0 Å². The van der Waals surface area contributed by atoms with E-state index in [1.165, 1.54) is 0 Å². The molecule has 0 atom stereocenters. The van der Waals surface area contributed by atoms with Crippen LogP contribution < -0.4 is 4.74 Å². The number of nitrogens with zero attached hydrogens (tertiary/aromatic N) is 3. The van der Waals surface area contributed by atoms with Crippen molar-refractivity contribution in [3.8, 4) is 11.8 Å². The van der Waals surface area contributed by atoms with Gasteiger partial charge in [-0.1, -0.05) is 24.2 Å². The highest BCUT2D eigenvalue weighted by molar-refractivity contribution is 5.42. The van der Waals surface area contributed by atoms with Crippen LogP contribution in [-0.4, -0.2) is 10.1 Å². The van der Waals surface area contributed by atoms with E-state index < -0.39 is 0 Å². The van der Waals surface area contributed by atoms with Crippen LogP contribution in [0.15, 0.2) is 28.8 Å². The Labute approximate surface area is 105 Å². The molecule has 2 rings (SSSR count). The zero-order valence-corrected chi connectivity index (χ0v) is 10.1. The molecule has 1 aromatic carbocycles. The number of ether oxygens (including phenoxy) is 1. The smallest absolute Gasteiger partial charge is 0.226 e. The molecule has 18 heavy (non-hydrogen) atoms. The molecule has 5 heteroatoms. The van der Waals surface area contributed by atoms with E-state index in [0.29, 0.717) is 23.0 Å². The fraction of sp³-hybridized carbons (Fsp3) is 0.308. The lowest BCUT2D eigenvalue weighted by Gasteiger charge is -2.04. The van der Waals surface area contributed by atoms with E-state index in [4.69, 9.17) is 14.5 Å². The minimum Gasteiger partial charge on any atom is -0.484 e. The Bertz CT molecular complexity index is 557. The number of hydrogen-bond donors (Lipinski definition) is 0. The number of aromatic nitrogens is 2. The largest absolute Gasteiger partial charge is 0.484 e. The molecule has 1 heterocycles. The van der Waals surface area contributed by atoms with Crippen molar-refractivity contribution in [1.29, 1.82) is 5.26 Å². The summed E-state index contributed by atoms with van der Waals surface area (Å²) in [5.41, 5.74) is 0.495. The molecule has 0 saturated carbocycles. The Morgan fingerprint density at radius 1 is 1.39 bits per heavy atom. The highest BCUT2D eigenvalue weighted by Gasteiger charge is 2.07. The Morgan fingerprint density at radius 3 is 3.00 bits per heavy atom. The second kappa shape index (κ2) is 5.82. The van der Waals surface area contributed by atoms with E-state index >= 15 is 0 Å². The van der Waals surface area contributed by atoms with Crippen LogP contribution in [0.1, 0.15) is 30.6 Å². The van der Waals surface area contributed by atoms with Crippen LogP contribution in [0.4, 0.5) is 0 Å². The van der Waals surface area contributed by atoms with Gasteiger partial charge in [0.05, 0.1) is 5.56 Å². The summed E-state index contributed by atoms with van der Waals surface area (Å²) in [6.45, 7) is 2.25. The van der Waals surface area contributed by atoms with E-state index in [1.54, 1.807) is 18.2 Å². The maximum Gasteiger partial charge on any atom is 0.226 e. The van der Waals surface area contributed by atoms with E-state index in [-0.39, 0.29) is 6.61 Å². The Hall–Kier alpha value is -2.35. The van der Waals surface area contributed by atoms with Gasteiger partial charge in [0.15, 0.2) is 6.61 Å². The van der Waals surface area contributed by atoms with Crippen molar-refractivity contribution in [2.24, 2.45) is 0 Å². The second-order valence-electron chi connectivity index (χ2n) is 3.75. The first-order valence-electron chi connectivity index (χ1n) is 5.77. The summed E-state index contributed by atoms with van der Waals surface area (Å²) in [6, 6.07) is 9.12. The Morgan fingerprint density at radius 2 is 2.22 bits per heavy atom. The third kappa shape index (κ3) is 2.86. The van der Waals surface area contributed by atoms with Crippen molar-refractivity contribution < 1.29 is 9.26 Å². The van der Waals surface area contributed by atoms with Gasteiger partial charge in [0.2, 0.25) is 11.7 Å². The van der Waals surface area contributed by atoms with Crippen molar-refractivity contribution in [3.05, 3.63) is 41.5 Å². The van der Waals surface area contributed by atoms with E-state index in [9.17, 15) is 0 Å². The molecule has 0 spiro atoms. The van der Waals surface area contributed by atoms with Crippen LogP contribution >= 0.6 is 0 Å². The third-order valence-corrected chi connectivity index (χ3v) is 2.34. The van der Waals surface area contributed by atoms with Crippen LogP contribution in [0.5, 0.6) is 5.75 Å². The first-order chi connectivity index (χ1) is 8.83. The summed E-state index contributed by atoms with van der Waals surface area (Å²) in [6.07, 6.45) is 1.72. The topological polar surface area (TPSA) is 71.9 Å². The molecule has 0 radical (unpaired) electrons. The normalized spacial score (nSPS) is 10.0. The number of hydrogen-bond acceptors (Lipinski definition) is 5. The SMILES string of the molecule is CCCc1nc(COc2ccccc2C#N)no1. The van der Waals surface area contributed by atoms with Crippen molar-refractivity contribution in [2.75, 3.05) is 0 Å². The molecule has 0 saturated heterocycles. The lowest BCUT2D eigenvalue weighted by atomic mass is 10.2. The fourth-order valence-electron chi connectivity index (χ4n) is 1.49. The lowest BCUT2D eigenvalue weighted by Crippen LogP contribution is -1.99. The highest BCUT2D eigenvalue weighted by atomic mass is 16.5. The van der Waals surface area contributed by atoms with Crippen molar-refractivity contribution in [3.63, 3.8) is 0 Å². The second-order valence-corrected chi connectivity index (χ2v) is 3.75. The maximum absolute atomic E-state index is 8.91. The van der Waals surface area contributed by atoms with Gasteiger partial charge in [-0.25, -0.2) is 0 Å². The zero-order chi connectivity index (χ0) is 12.8. The maximum atomic E-state index is 8.91. The average molecular weight is 243 g/mol. The predicted molar refractivity (Wildman–Crippen MR) is 63.8 cm³/mol. The van der Waals surface area contributed by atoms with Crippen molar-refractivity contribution in [1.82, 2.24) is 10.1 Å². The summed E-state index contributed by atoms with van der Waals surface area (Å²) in [7, 11) is 0. The van der Waals surface area contributed by atoms with Crippen LogP contribution in [0.3, 0.4) is 0 Å². The molecule has 1 aromatic heterocycles. The summed E-state index contributed by atoms with van der Waals surface area (Å²) in [4.78, 5) is 4.18. The zero-order valence-electron chi connectivity index (χ0n) is 10.1. The van der Waals surface area contributed by atoms with E-state index in [0.717, 1.165) is 12.8 Å². The molecule has 2 aromatic rings. The molecule has 0 N–H and O–H groups in total. The van der Waals surface area contributed by atoms with Gasteiger partial charge in [-0.05, 0) is 18.6 Å². The summed E-state index contributed by atoms with van der Waals surface area (Å²) < 4.78 is 10.5. The van der Waals surface area contributed by atoms with Gasteiger partial charge >= 0.3 is 0 Å². The van der Waals surface area contributed by atoms with Gasteiger partial charge < -0.3 is 9.26 Å². The van der Waals surface area contributed by atoms with Gasteiger partial charge in [-0.2, -0.15) is 10.2 Å². The molecule has 92 valence electrons. The van der Waals surface area contributed by atoms with Crippen LogP contribution in [0.2, 0.25) is 0 Å². The minimum atomic E-state index is 0.200. The number of rotatable bonds is 5. The number of nitriles is 1. The molecular weight excluding hydrogens is 230 g/mol. The number of aryl methyl sites for hydroxylation is 1. The van der Waals surface area contributed by atoms with Crippen LogP contribution in [0, 0.1) is 11.3 Å². The van der Waals surface area contributed by atoms with Gasteiger partial charge in [-0.15, -0.1) is 0 Å². The first-order valence-corrected chi connectivity index (χ1v) is 5.77. The number of benzene rings is 1. The van der Waals surface area contributed by atoms with Crippen LogP contribution in [-0.2, 0) is 13.0 Å². The third-order valence-electron chi connectivity index (χ3n) is 2.34. The van der Waals surface area contributed by atoms with Gasteiger partial charge in [-0.3, -0.25) is 0 Å².